The fourth-order valence-corrected chi connectivity index (χ4v) is 4.94. The van der Waals surface area contributed by atoms with Crippen LogP contribution < -0.4 is 5.32 Å². The molecule has 1 saturated heterocycles. The average molecular weight is 373 g/mol. The Morgan fingerprint density at radius 1 is 1.22 bits per heavy atom. The molecule has 2 fully saturated rings. The molecule has 5 nitrogen and oxygen atoms in total. The van der Waals surface area contributed by atoms with E-state index >= 15 is 0 Å². The Balaban J connectivity index is 1.73. The summed E-state index contributed by atoms with van der Waals surface area (Å²) in [7, 11) is 0. The van der Waals surface area contributed by atoms with Gasteiger partial charge in [0.1, 0.15) is 0 Å². The molecule has 5 heteroatoms. The van der Waals surface area contributed by atoms with Gasteiger partial charge >= 0.3 is 5.97 Å². The van der Waals surface area contributed by atoms with Gasteiger partial charge in [0.25, 0.3) is 0 Å². The number of benzene rings is 1. The van der Waals surface area contributed by atoms with Gasteiger partial charge in [-0.3, -0.25) is 14.5 Å². The molecule has 1 amide bonds. The van der Waals surface area contributed by atoms with Gasteiger partial charge in [-0.2, -0.15) is 0 Å². The van der Waals surface area contributed by atoms with Crippen molar-refractivity contribution in [2.24, 2.45) is 11.3 Å². The van der Waals surface area contributed by atoms with Gasteiger partial charge in [-0.15, -0.1) is 0 Å². The number of carbonyl (C=O) groups is 2. The van der Waals surface area contributed by atoms with Gasteiger partial charge in [0.15, 0.2) is 0 Å². The van der Waals surface area contributed by atoms with Crippen LogP contribution in [0.3, 0.4) is 0 Å². The normalized spacial score (nSPS) is 25.2. The molecule has 1 aromatic carbocycles. The summed E-state index contributed by atoms with van der Waals surface area (Å²) < 4.78 is 0. The number of hydrogen-bond donors (Lipinski definition) is 2. The summed E-state index contributed by atoms with van der Waals surface area (Å²) in [5.74, 6) is 0.0727. The summed E-state index contributed by atoms with van der Waals surface area (Å²) in [5.41, 5.74) is 2.59. The fourth-order valence-electron chi connectivity index (χ4n) is 4.94. The molecular weight excluding hydrogens is 340 g/mol. The van der Waals surface area contributed by atoms with Crippen molar-refractivity contribution in [3.8, 4) is 0 Å². The molecule has 148 valence electrons. The molecule has 2 N–H and O–H groups in total. The summed E-state index contributed by atoms with van der Waals surface area (Å²) >= 11 is 0. The zero-order valence-electron chi connectivity index (χ0n) is 16.9. The smallest absolute Gasteiger partial charge is 0.311 e. The first-order valence-electron chi connectivity index (χ1n) is 10.1. The Morgan fingerprint density at radius 3 is 2.37 bits per heavy atom. The van der Waals surface area contributed by atoms with Crippen LogP contribution in [-0.4, -0.2) is 41.5 Å². The summed E-state index contributed by atoms with van der Waals surface area (Å²) in [4.78, 5) is 26.7. The molecule has 1 aliphatic carbocycles. The number of rotatable bonds is 6. The number of fused-ring (bicyclic) bond motifs is 1. The van der Waals surface area contributed by atoms with Crippen molar-refractivity contribution >= 4 is 17.6 Å². The number of likely N-dealkylation sites (tertiary alicyclic amines) is 1. The molecular formula is C22H32N2O3. The van der Waals surface area contributed by atoms with Crippen LogP contribution in [0.1, 0.15) is 69.9 Å². The molecule has 2 atom stereocenters. The number of carboxylic acid groups (broad SMARTS) is 1. The van der Waals surface area contributed by atoms with Crippen LogP contribution >= 0.6 is 0 Å². The van der Waals surface area contributed by atoms with Crippen LogP contribution in [-0.2, 0) is 9.59 Å². The first kappa shape index (κ1) is 19.9. The number of carbonyl (C=O) groups excluding carboxylic acids is 1. The van der Waals surface area contributed by atoms with E-state index in [-0.39, 0.29) is 18.4 Å². The van der Waals surface area contributed by atoms with E-state index in [1.165, 1.54) is 0 Å². The van der Waals surface area contributed by atoms with Crippen LogP contribution in [0, 0.1) is 11.3 Å². The second-order valence-corrected chi connectivity index (χ2v) is 8.89. The van der Waals surface area contributed by atoms with Gasteiger partial charge in [0.2, 0.25) is 5.91 Å². The summed E-state index contributed by atoms with van der Waals surface area (Å²) in [6.45, 7) is 9.99. The minimum absolute atomic E-state index is 0.0505. The number of nitrogens with zero attached hydrogens (tertiary/aromatic N) is 1. The van der Waals surface area contributed by atoms with Gasteiger partial charge in [-0.05, 0) is 41.7 Å². The largest absolute Gasteiger partial charge is 0.481 e. The maximum atomic E-state index is 12.8. The lowest BCUT2D eigenvalue weighted by Crippen LogP contribution is -2.37. The van der Waals surface area contributed by atoms with E-state index in [1.807, 2.05) is 4.90 Å². The van der Waals surface area contributed by atoms with Crippen LogP contribution in [0.5, 0.6) is 0 Å². The van der Waals surface area contributed by atoms with Gasteiger partial charge in [0.05, 0.1) is 12.0 Å². The Kier molecular flexibility index (Phi) is 5.61. The van der Waals surface area contributed by atoms with Crippen LogP contribution in [0.2, 0.25) is 0 Å². The average Bonchev–Trinajstić information content (AvgIpc) is 3.12. The lowest BCUT2D eigenvalue weighted by Gasteiger charge is -2.24. The van der Waals surface area contributed by atoms with Crippen molar-refractivity contribution in [3.63, 3.8) is 0 Å². The van der Waals surface area contributed by atoms with E-state index in [0.29, 0.717) is 24.9 Å². The van der Waals surface area contributed by atoms with E-state index in [2.05, 4.69) is 51.2 Å². The van der Waals surface area contributed by atoms with Gasteiger partial charge in [-0.25, -0.2) is 0 Å². The first-order chi connectivity index (χ1) is 12.7. The maximum Gasteiger partial charge on any atom is 0.311 e. The number of anilines is 1. The highest BCUT2D eigenvalue weighted by Gasteiger charge is 2.54. The molecule has 0 aromatic heterocycles. The molecule has 3 rings (SSSR count). The van der Waals surface area contributed by atoms with E-state index in [9.17, 15) is 14.7 Å². The maximum absolute atomic E-state index is 12.8. The van der Waals surface area contributed by atoms with Crippen molar-refractivity contribution in [1.82, 2.24) is 4.90 Å². The Bertz CT molecular complexity index is 702. The lowest BCUT2D eigenvalue weighted by atomic mass is 9.81. The number of carboxylic acids is 1. The second-order valence-electron chi connectivity index (χ2n) is 8.89. The molecule has 0 spiro atoms. The van der Waals surface area contributed by atoms with Crippen molar-refractivity contribution in [2.45, 2.75) is 58.8 Å². The molecule has 1 saturated carbocycles. The number of nitrogens with one attached hydrogen (secondary N) is 1. The molecule has 0 bridgehead atoms. The number of hydrogen-bond acceptors (Lipinski definition) is 3. The minimum atomic E-state index is -0.694. The van der Waals surface area contributed by atoms with Gasteiger partial charge in [-0.1, -0.05) is 52.3 Å². The highest BCUT2D eigenvalue weighted by atomic mass is 16.4. The van der Waals surface area contributed by atoms with Crippen LogP contribution in [0.4, 0.5) is 5.69 Å². The molecule has 0 radical (unpaired) electrons. The van der Waals surface area contributed by atoms with E-state index in [4.69, 9.17) is 0 Å². The summed E-state index contributed by atoms with van der Waals surface area (Å²) in [6.07, 6.45) is 2.67. The highest BCUT2D eigenvalue weighted by Crippen LogP contribution is 2.48. The number of amides is 1. The first-order valence-corrected chi connectivity index (χ1v) is 10.1. The zero-order valence-corrected chi connectivity index (χ0v) is 16.9. The number of para-hydroxylation sites is 1. The molecule has 1 aliphatic heterocycles. The van der Waals surface area contributed by atoms with E-state index in [1.54, 1.807) is 0 Å². The molecule has 0 unspecified atom stereocenters. The monoisotopic (exact) mass is 372 g/mol. The Hall–Kier alpha value is -1.88. The Labute approximate surface area is 162 Å². The van der Waals surface area contributed by atoms with Crippen molar-refractivity contribution in [1.29, 1.82) is 0 Å². The van der Waals surface area contributed by atoms with Crippen LogP contribution in [0.15, 0.2) is 18.2 Å². The fraction of sp³-hybridized carbons (Fsp3) is 0.636. The van der Waals surface area contributed by atoms with Crippen molar-refractivity contribution in [3.05, 3.63) is 29.3 Å². The van der Waals surface area contributed by atoms with Crippen molar-refractivity contribution in [2.75, 3.05) is 25.0 Å². The van der Waals surface area contributed by atoms with E-state index < -0.39 is 11.4 Å². The van der Waals surface area contributed by atoms with Crippen molar-refractivity contribution < 1.29 is 14.7 Å². The van der Waals surface area contributed by atoms with E-state index in [0.717, 1.165) is 36.1 Å². The Morgan fingerprint density at radius 2 is 1.85 bits per heavy atom. The van der Waals surface area contributed by atoms with Crippen LogP contribution in [0.25, 0.3) is 0 Å². The summed E-state index contributed by atoms with van der Waals surface area (Å²) in [6, 6.07) is 6.20. The molecule has 2 aliphatic rings. The number of aliphatic carboxylic acids is 1. The molecule has 1 heterocycles. The second kappa shape index (κ2) is 7.63. The minimum Gasteiger partial charge on any atom is -0.481 e. The zero-order chi connectivity index (χ0) is 19.8. The van der Waals surface area contributed by atoms with Gasteiger partial charge in [0, 0.05) is 18.8 Å². The molecule has 1 aromatic rings. The third-order valence-electron chi connectivity index (χ3n) is 6.37. The topological polar surface area (TPSA) is 69.6 Å². The summed E-state index contributed by atoms with van der Waals surface area (Å²) in [5, 5.41) is 12.9. The van der Waals surface area contributed by atoms with Gasteiger partial charge < -0.3 is 10.4 Å². The third-order valence-corrected chi connectivity index (χ3v) is 6.37. The predicted molar refractivity (Wildman–Crippen MR) is 107 cm³/mol. The molecule has 27 heavy (non-hydrogen) atoms. The highest BCUT2D eigenvalue weighted by molar-refractivity contribution is 5.94. The SMILES string of the molecule is CC(C)c1cccc(C(C)C)c1NC(=O)CN1C[C@@H]2CCC[C@@]2(C(=O)O)C1. The quantitative estimate of drug-likeness (QED) is 0.790. The lowest BCUT2D eigenvalue weighted by molar-refractivity contribution is -0.149. The third kappa shape index (κ3) is 3.75. The predicted octanol–water partition coefficient (Wildman–Crippen LogP) is 4.06. The standard InChI is InChI=1S/C22H32N2O3/c1-14(2)17-8-5-9-18(15(3)4)20(17)23-19(25)12-24-11-16-7-6-10-22(16,13-24)21(26)27/h5,8-9,14-16H,6-7,10-13H2,1-4H3,(H,23,25)(H,26,27)/t16-,22+/m0/s1.